The molecule has 4 rings (SSSR count). The van der Waals surface area contributed by atoms with Crippen molar-refractivity contribution in [3.8, 4) is 16.9 Å². The standard InChI is InChI=1S/C21H21ClFN3S/c22-17-5-9-19(10-6-17)26-20(16-3-7-18(23)8-4-16)14-25-21(26)27-12-11-24-13-15-1-2-15/h3-10,14-15,24H,1-2,11-13H2. The highest BCUT2D eigenvalue weighted by atomic mass is 35.5. The molecule has 1 saturated carbocycles. The second-order valence-electron chi connectivity index (χ2n) is 6.74. The first kappa shape index (κ1) is 18.5. The van der Waals surface area contributed by atoms with E-state index in [1.165, 1.54) is 25.0 Å². The van der Waals surface area contributed by atoms with E-state index >= 15 is 0 Å². The molecule has 0 saturated heterocycles. The van der Waals surface area contributed by atoms with E-state index in [1.54, 1.807) is 23.9 Å². The summed E-state index contributed by atoms with van der Waals surface area (Å²) in [5, 5.41) is 5.13. The Kier molecular flexibility index (Phi) is 5.81. The molecular weight excluding hydrogens is 381 g/mol. The van der Waals surface area contributed by atoms with Crippen LogP contribution in [0.1, 0.15) is 12.8 Å². The van der Waals surface area contributed by atoms with Crippen LogP contribution in [0.5, 0.6) is 0 Å². The summed E-state index contributed by atoms with van der Waals surface area (Å²) < 4.78 is 15.4. The van der Waals surface area contributed by atoms with E-state index in [-0.39, 0.29) is 5.82 Å². The fourth-order valence-corrected chi connectivity index (χ4v) is 3.96. The Morgan fingerprint density at radius 2 is 1.85 bits per heavy atom. The van der Waals surface area contributed by atoms with E-state index in [0.717, 1.165) is 46.9 Å². The molecule has 0 aliphatic heterocycles. The molecule has 1 aliphatic rings. The SMILES string of the molecule is Fc1ccc(-c2cnc(SCCNCC3CC3)n2-c2ccc(Cl)cc2)cc1. The van der Waals surface area contributed by atoms with Gasteiger partial charge in [0.15, 0.2) is 5.16 Å². The van der Waals surface area contributed by atoms with Crippen molar-refractivity contribution in [1.82, 2.24) is 14.9 Å². The lowest BCUT2D eigenvalue weighted by atomic mass is 10.1. The van der Waals surface area contributed by atoms with Crippen molar-refractivity contribution in [3.63, 3.8) is 0 Å². The molecular formula is C21H21ClFN3S. The number of thioether (sulfide) groups is 1. The van der Waals surface area contributed by atoms with E-state index in [0.29, 0.717) is 5.02 Å². The molecule has 0 atom stereocenters. The first-order valence-corrected chi connectivity index (χ1v) is 10.5. The molecule has 1 aromatic heterocycles. The second-order valence-corrected chi connectivity index (χ2v) is 8.24. The van der Waals surface area contributed by atoms with Crippen LogP contribution in [-0.2, 0) is 0 Å². The number of hydrogen-bond acceptors (Lipinski definition) is 3. The molecule has 1 aliphatic carbocycles. The highest BCUT2D eigenvalue weighted by molar-refractivity contribution is 7.99. The zero-order chi connectivity index (χ0) is 18.6. The minimum absolute atomic E-state index is 0.243. The van der Waals surface area contributed by atoms with Gasteiger partial charge in [0.05, 0.1) is 11.9 Å². The van der Waals surface area contributed by atoms with Crippen LogP contribution in [0.25, 0.3) is 16.9 Å². The Bertz CT molecular complexity index is 889. The highest BCUT2D eigenvalue weighted by Gasteiger charge is 2.20. The van der Waals surface area contributed by atoms with Gasteiger partial charge < -0.3 is 5.32 Å². The molecule has 0 unspecified atom stereocenters. The number of halogens is 2. The van der Waals surface area contributed by atoms with Crippen LogP contribution in [0.3, 0.4) is 0 Å². The molecule has 140 valence electrons. The molecule has 27 heavy (non-hydrogen) atoms. The third kappa shape index (κ3) is 4.72. The Morgan fingerprint density at radius 1 is 1.11 bits per heavy atom. The van der Waals surface area contributed by atoms with Crippen LogP contribution in [0, 0.1) is 11.7 Å². The summed E-state index contributed by atoms with van der Waals surface area (Å²) >= 11 is 7.78. The lowest BCUT2D eigenvalue weighted by Gasteiger charge is -2.12. The number of benzene rings is 2. The fraction of sp³-hybridized carbons (Fsp3) is 0.286. The van der Waals surface area contributed by atoms with Gasteiger partial charge in [0.25, 0.3) is 0 Å². The molecule has 0 amide bonds. The lowest BCUT2D eigenvalue weighted by molar-refractivity contribution is 0.628. The van der Waals surface area contributed by atoms with Crippen LogP contribution in [-0.4, -0.2) is 28.4 Å². The summed E-state index contributed by atoms with van der Waals surface area (Å²) in [6.07, 6.45) is 4.58. The van der Waals surface area contributed by atoms with Crippen molar-refractivity contribution >= 4 is 23.4 Å². The van der Waals surface area contributed by atoms with Crippen molar-refractivity contribution in [2.24, 2.45) is 5.92 Å². The fourth-order valence-electron chi connectivity index (χ4n) is 2.94. The van der Waals surface area contributed by atoms with Crippen molar-refractivity contribution in [2.45, 2.75) is 18.0 Å². The average molecular weight is 402 g/mol. The van der Waals surface area contributed by atoms with Gasteiger partial charge in [0.2, 0.25) is 0 Å². The van der Waals surface area contributed by atoms with Gasteiger partial charge in [-0.3, -0.25) is 4.57 Å². The molecule has 0 bridgehead atoms. The Morgan fingerprint density at radius 3 is 2.56 bits per heavy atom. The smallest absolute Gasteiger partial charge is 0.173 e. The molecule has 3 nitrogen and oxygen atoms in total. The normalized spacial score (nSPS) is 13.9. The summed E-state index contributed by atoms with van der Waals surface area (Å²) in [7, 11) is 0. The second kappa shape index (κ2) is 8.46. The monoisotopic (exact) mass is 401 g/mol. The number of aromatic nitrogens is 2. The van der Waals surface area contributed by atoms with Crippen LogP contribution < -0.4 is 5.32 Å². The predicted molar refractivity (Wildman–Crippen MR) is 110 cm³/mol. The van der Waals surface area contributed by atoms with Crippen molar-refractivity contribution in [3.05, 3.63) is 65.6 Å². The molecule has 3 aromatic rings. The van der Waals surface area contributed by atoms with Crippen molar-refractivity contribution < 1.29 is 4.39 Å². The van der Waals surface area contributed by atoms with Gasteiger partial charge in [-0.2, -0.15) is 0 Å². The topological polar surface area (TPSA) is 29.9 Å². The van der Waals surface area contributed by atoms with E-state index in [4.69, 9.17) is 11.6 Å². The van der Waals surface area contributed by atoms with Crippen molar-refractivity contribution in [1.29, 1.82) is 0 Å². The van der Waals surface area contributed by atoms with Gasteiger partial charge >= 0.3 is 0 Å². The molecule has 1 N–H and O–H groups in total. The molecule has 2 aromatic carbocycles. The summed E-state index contributed by atoms with van der Waals surface area (Å²) in [6.45, 7) is 2.08. The van der Waals surface area contributed by atoms with Crippen LogP contribution in [0.4, 0.5) is 4.39 Å². The maximum Gasteiger partial charge on any atom is 0.173 e. The van der Waals surface area contributed by atoms with Crippen LogP contribution in [0.2, 0.25) is 5.02 Å². The number of imidazole rings is 1. The Labute approximate surface area is 168 Å². The Hall–Kier alpha value is -1.82. The van der Waals surface area contributed by atoms with E-state index in [9.17, 15) is 4.39 Å². The highest BCUT2D eigenvalue weighted by Crippen LogP contribution is 2.31. The van der Waals surface area contributed by atoms with Crippen molar-refractivity contribution in [2.75, 3.05) is 18.8 Å². The third-order valence-electron chi connectivity index (χ3n) is 4.59. The molecule has 0 spiro atoms. The van der Waals surface area contributed by atoms with E-state index in [2.05, 4.69) is 14.9 Å². The minimum Gasteiger partial charge on any atom is -0.316 e. The predicted octanol–water partition coefficient (Wildman–Crippen LogP) is 5.42. The lowest BCUT2D eigenvalue weighted by Crippen LogP contribution is -2.19. The van der Waals surface area contributed by atoms with Gasteiger partial charge in [-0.1, -0.05) is 23.4 Å². The number of hydrogen-bond donors (Lipinski definition) is 1. The van der Waals surface area contributed by atoms with Gasteiger partial charge in [-0.15, -0.1) is 0 Å². The summed E-state index contributed by atoms with van der Waals surface area (Å²) in [5.74, 6) is 1.59. The largest absolute Gasteiger partial charge is 0.316 e. The zero-order valence-electron chi connectivity index (χ0n) is 14.9. The number of rotatable bonds is 8. The zero-order valence-corrected chi connectivity index (χ0v) is 16.4. The first-order chi connectivity index (χ1) is 13.2. The van der Waals surface area contributed by atoms with Gasteiger partial charge in [-0.25, -0.2) is 9.37 Å². The number of nitrogens with zero attached hydrogens (tertiary/aromatic N) is 2. The third-order valence-corrected chi connectivity index (χ3v) is 5.80. The van der Waals surface area contributed by atoms with Crippen LogP contribution in [0.15, 0.2) is 59.9 Å². The van der Waals surface area contributed by atoms with E-state index < -0.39 is 0 Å². The maximum absolute atomic E-state index is 13.3. The number of nitrogens with one attached hydrogen (secondary N) is 1. The minimum atomic E-state index is -0.243. The average Bonchev–Trinajstić information content (AvgIpc) is 3.41. The quantitative estimate of drug-likeness (QED) is 0.403. The molecule has 0 radical (unpaired) electrons. The van der Waals surface area contributed by atoms with Gasteiger partial charge in [0.1, 0.15) is 5.82 Å². The molecule has 1 fully saturated rings. The summed E-state index contributed by atoms with van der Waals surface area (Å²) in [6, 6.07) is 14.2. The molecule has 6 heteroatoms. The summed E-state index contributed by atoms with van der Waals surface area (Å²) in [5.41, 5.74) is 2.85. The summed E-state index contributed by atoms with van der Waals surface area (Å²) in [4.78, 5) is 4.63. The van der Waals surface area contributed by atoms with Crippen LogP contribution >= 0.6 is 23.4 Å². The first-order valence-electron chi connectivity index (χ1n) is 9.14. The van der Waals surface area contributed by atoms with E-state index in [1.807, 2.05) is 30.5 Å². The van der Waals surface area contributed by atoms with Gasteiger partial charge in [0, 0.05) is 28.6 Å². The van der Waals surface area contributed by atoms with Gasteiger partial charge in [-0.05, 0) is 73.8 Å². The maximum atomic E-state index is 13.3. The molecule has 1 heterocycles. The Balaban J connectivity index is 1.57.